The zero-order chi connectivity index (χ0) is 30.3. The molecule has 3 rings (SSSR count). The number of nitrogens with zero attached hydrogens (tertiary/aromatic N) is 3. The normalized spacial score (nSPS) is 17.0. The lowest BCUT2D eigenvalue weighted by molar-refractivity contribution is -0.0581. The Labute approximate surface area is 236 Å². The maximum atomic E-state index is 13.6. The first-order chi connectivity index (χ1) is 18.3. The highest BCUT2D eigenvalue weighted by atomic mass is 28.4. The Bertz CT molecular complexity index is 1230. The van der Waals surface area contributed by atoms with Crippen molar-refractivity contribution in [1.82, 2.24) is 14.7 Å². The van der Waals surface area contributed by atoms with E-state index >= 15 is 0 Å². The first-order valence-corrected chi connectivity index (χ1v) is 16.4. The molecule has 1 atom stereocenters. The molecule has 2 aromatic rings. The number of primary amides is 1. The maximum absolute atomic E-state index is 13.6. The van der Waals surface area contributed by atoms with Crippen LogP contribution in [0.3, 0.4) is 0 Å². The number of nitrogen functional groups attached to an aromatic ring is 1. The lowest BCUT2D eigenvalue weighted by Gasteiger charge is -2.44. The molecule has 12 heteroatoms. The van der Waals surface area contributed by atoms with Crippen LogP contribution in [0.15, 0.2) is 24.3 Å². The molecule has 0 bridgehead atoms. The summed E-state index contributed by atoms with van der Waals surface area (Å²) in [5.41, 5.74) is 10.8. The van der Waals surface area contributed by atoms with Gasteiger partial charge in [-0.25, -0.2) is 13.9 Å². The third kappa shape index (κ3) is 6.84. The number of hydrogen-bond acceptors (Lipinski definition) is 7. The standard InChI is InChI=1S/C28H44FN5O5Si/c1-26(2,3)39-25(36)33-15-13-28(37,14-16-33)20(17-38-40(7,8)27(4,5)6)22-21(24(31)35)23(30)34(32-22)19-11-9-18(29)10-12-19/h9-12,20,37H,13-17,30H2,1-8H3,(H2,31,35). The second-order valence-electron chi connectivity index (χ2n) is 13.1. The van der Waals surface area contributed by atoms with Gasteiger partial charge in [0.25, 0.3) is 5.91 Å². The molecule has 0 radical (unpaired) electrons. The number of hydrogen-bond donors (Lipinski definition) is 3. The molecule has 40 heavy (non-hydrogen) atoms. The summed E-state index contributed by atoms with van der Waals surface area (Å²) in [6.07, 6.45) is -0.0650. The van der Waals surface area contributed by atoms with Crippen LogP contribution in [0.1, 0.15) is 76.4 Å². The average Bonchev–Trinajstić information content (AvgIpc) is 3.14. The maximum Gasteiger partial charge on any atom is 0.410 e. The van der Waals surface area contributed by atoms with Gasteiger partial charge in [0.15, 0.2) is 8.32 Å². The number of rotatable bonds is 7. The molecule has 1 aromatic carbocycles. The highest BCUT2D eigenvalue weighted by Crippen LogP contribution is 2.43. The molecule has 1 aromatic heterocycles. The van der Waals surface area contributed by atoms with E-state index in [0.29, 0.717) is 5.69 Å². The molecular weight excluding hydrogens is 533 g/mol. The van der Waals surface area contributed by atoms with Crippen molar-refractivity contribution in [3.8, 4) is 5.69 Å². The molecule has 222 valence electrons. The molecule has 1 unspecified atom stereocenters. The Kier molecular flexibility index (Phi) is 8.78. The largest absolute Gasteiger partial charge is 0.444 e. The summed E-state index contributed by atoms with van der Waals surface area (Å²) in [4.78, 5) is 27.0. The number of likely N-dealkylation sites (tertiary alicyclic amines) is 1. The van der Waals surface area contributed by atoms with E-state index in [9.17, 15) is 19.1 Å². The van der Waals surface area contributed by atoms with Crippen molar-refractivity contribution in [1.29, 1.82) is 0 Å². The van der Waals surface area contributed by atoms with Gasteiger partial charge in [-0.15, -0.1) is 0 Å². The smallest absolute Gasteiger partial charge is 0.410 e. The van der Waals surface area contributed by atoms with Crippen molar-refractivity contribution < 1.29 is 28.2 Å². The second-order valence-corrected chi connectivity index (χ2v) is 17.9. The van der Waals surface area contributed by atoms with Gasteiger partial charge < -0.3 is 30.6 Å². The SMILES string of the molecule is CC(C)(C)OC(=O)N1CCC(O)(C(CO[Si](C)(C)C(C)(C)C)c2nn(-c3ccc(F)cc3)c(N)c2C(N)=O)CC1. The lowest BCUT2D eigenvalue weighted by atomic mass is 9.77. The van der Waals surface area contributed by atoms with Crippen molar-refractivity contribution in [3.63, 3.8) is 0 Å². The number of carbonyl (C=O) groups excluding carboxylic acids is 2. The fraction of sp³-hybridized carbons (Fsp3) is 0.607. The topological polar surface area (TPSA) is 146 Å². The Morgan fingerprint density at radius 2 is 1.68 bits per heavy atom. The van der Waals surface area contributed by atoms with Crippen LogP contribution in [-0.2, 0) is 9.16 Å². The number of nitrogens with two attached hydrogens (primary N) is 2. The number of benzene rings is 1. The van der Waals surface area contributed by atoms with Crippen molar-refractivity contribution >= 4 is 26.1 Å². The second kappa shape index (κ2) is 11.1. The van der Waals surface area contributed by atoms with E-state index in [1.807, 2.05) is 0 Å². The van der Waals surface area contributed by atoms with E-state index in [2.05, 4.69) is 39.0 Å². The Hall–Kier alpha value is -2.96. The minimum Gasteiger partial charge on any atom is -0.444 e. The van der Waals surface area contributed by atoms with Crippen LogP contribution < -0.4 is 11.5 Å². The first kappa shape index (κ1) is 31.6. The third-order valence-corrected chi connectivity index (χ3v) is 12.4. The van der Waals surface area contributed by atoms with E-state index in [0.717, 1.165) is 0 Å². The number of halogens is 1. The van der Waals surface area contributed by atoms with E-state index in [4.69, 9.17) is 20.6 Å². The predicted octanol–water partition coefficient (Wildman–Crippen LogP) is 4.56. The van der Waals surface area contributed by atoms with Gasteiger partial charge in [-0.3, -0.25) is 4.79 Å². The summed E-state index contributed by atoms with van der Waals surface area (Å²) in [5.74, 6) is -2.03. The summed E-state index contributed by atoms with van der Waals surface area (Å²) < 4.78 is 27.0. The quantitative estimate of drug-likeness (QED) is 0.409. The van der Waals surface area contributed by atoms with Gasteiger partial charge in [-0.05, 0) is 76.0 Å². The zero-order valence-electron chi connectivity index (χ0n) is 24.9. The number of amides is 2. The number of aliphatic hydroxyl groups is 1. The Morgan fingerprint density at radius 1 is 1.12 bits per heavy atom. The van der Waals surface area contributed by atoms with Gasteiger partial charge in [-0.1, -0.05) is 20.8 Å². The average molecular weight is 578 g/mol. The molecule has 2 heterocycles. The summed E-state index contributed by atoms with van der Waals surface area (Å²) in [6.45, 7) is 16.5. The zero-order valence-corrected chi connectivity index (χ0v) is 25.9. The third-order valence-electron chi connectivity index (χ3n) is 7.94. The van der Waals surface area contributed by atoms with Crippen LogP contribution in [0.2, 0.25) is 18.1 Å². The highest BCUT2D eigenvalue weighted by Gasteiger charge is 2.47. The van der Waals surface area contributed by atoms with Crippen LogP contribution in [-0.4, -0.2) is 71.0 Å². The molecule has 1 aliphatic rings. The van der Waals surface area contributed by atoms with Gasteiger partial charge in [0.2, 0.25) is 0 Å². The molecule has 5 N–H and O–H groups in total. The van der Waals surface area contributed by atoms with E-state index in [1.54, 1.807) is 25.7 Å². The van der Waals surface area contributed by atoms with Gasteiger partial charge in [0.1, 0.15) is 22.8 Å². The summed E-state index contributed by atoms with van der Waals surface area (Å²) in [7, 11) is -2.30. The molecule has 2 amide bonds. The molecule has 1 aliphatic heterocycles. The lowest BCUT2D eigenvalue weighted by Crippen LogP contribution is -2.52. The van der Waals surface area contributed by atoms with Crippen molar-refractivity contribution in [2.75, 3.05) is 25.4 Å². The van der Waals surface area contributed by atoms with Crippen LogP contribution in [0.25, 0.3) is 5.69 Å². The van der Waals surface area contributed by atoms with Crippen LogP contribution >= 0.6 is 0 Å². The molecule has 0 spiro atoms. The van der Waals surface area contributed by atoms with Crippen LogP contribution in [0.5, 0.6) is 0 Å². The molecule has 1 fully saturated rings. The minimum absolute atomic E-state index is 0.0128. The van der Waals surface area contributed by atoms with E-state index < -0.39 is 43.3 Å². The van der Waals surface area contributed by atoms with Gasteiger partial charge >= 0.3 is 6.09 Å². The Morgan fingerprint density at radius 3 is 2.15 bits per heavy atom. The monoisotopic (exact) mass is 577 g/mol. The minimum atomic E-state index is -2.30. The van der Waals surface area contributed by atoms with Crippen molar-refractivity contribution in [3.05, 3.63) is 41.3 Å². The summed E-state index contributed by atoms with van der Waals surface area (Å²) in [6, 6.07) is 5.50. The van der Waals surface area contributed by atoms with Crippen molar-refractivity contribution in [2.45, 2.75) is 89.6 Å². The summed E-state index contributed by atoms with van der Waals surface area (Å²) >= 11 is 0. The number of anilines is 1. The fourth-order valence-electron chi connectivity index (χ4n) is 4.47. The van der Waals surface area contributed by atoms with E-state index in [-0.39, 0.29) is 54.7 Å². The Balaban J connectivity index is 2.05. The molecule has 1 saturated heterocycles. The molecule has 0 aliphatic carbocycles. The summed E-state index contributed by atoms with van der Waals surface area (Å²) in [5, 5.41) is 16.6. The first-order valence-electron chi connectivity index (χ1n) is 13.5. The van der Waals surface area contributed by atoms with Gasteiger partial charge in [0, 0.05) is 19.7 Å². The molecule has 0 saturated carbocycles. The van der Waals surface area contributed by atoms with Crippen LogP contribution in [0, 0.1) is 5.82 Å². The highest BCUT2D eigenvalue weighted by molar-refractivity contribution is 6.74. The number of piperidine rings is 1. The van der Waals surface area contributed by atoms with Crippen molar-refractivity contribution in [2.24, 2.45) is 5.73 Å². The van der Waals surface area contributed by atoms with Gasteiger partial charge in [0.05, 0.1) is 22.9 Å². The number of ether oxygens (including phenoxy) is 1. The predicted molar refractivity (Wildman–Crippen MR) is 154 cm³/mol. The molecular formula is C28H44FN5O5Si. The molecule has 10 nitrogen and oxygen atoms in total. The number of carbonyl (C=O) groups is 2. The fourth-order valence-corrected chi connectivity index (χ4v) is 5.49. The van der Waals surface area contributed by atoms with Gasteiger partial charge in [-0.2, -0.15) is 5.10 Å². The van der Waals surface area contributed by atoms with Crippen LogP contribution in [0.4, 0.5) is 15.0 Å². The van der Waals surface area contributed by atoms with E-state index in [1.165, 1.54) is 28.9 Å². The number of aromatic nitrogens is 2.